The van der Waals surface area contributed by atoms with Crippen molar-refractivity contribution in [1.82, 2.24) is 0 Å². The summed E-state index contributed by atoms with van der Waals surface area (Å²) in [5, 5.41) is 2.59. The van der Waals surface area contributed by atoms with Gasteiger partial charge in [0.05, 0.1) is 5.69 Å². The van der Waals surface area contributed by atoms with E-state index in [4.69, 9.17) is 5.73 Å². The lowest BCUT2D eigenvalue weighted by Crippen LogP contribution is -2.24. The fraction of sp³-hybridized carbons (Fsp3) is 0.462. The van der Waals surface area contributed by atoms with E-state index < -0.39 is 11.6 Å². The number of hydrogen-bond acceptors (Lipinski definition) is 1. The van der Waals surface area contributed by atoms with E-state index >= 15 is 0 Å². The minimum atomic E-state index is -0.546. The first kappa shape index (κ1) is 16.1. The van der Waals surface area contributed by atoms with Gasteiger partial charge in [0.25, 0.3) is 0 Å². The maximum atomic E-state index is 13.3. The number of benzene rings is 1. The second-order valence-corrected chi connectivity index (χ2v) is 4.63. The molecule has 0 amide bonds. The van der Waals surface area contributed by atoms with Gasteiger partial charge in [-0.2, -0.15) is 0 Å². The van der Waals surface area contributed by atoms with E-state index in [1.165, 1.54) is 25.7 Å². The van der Waals surface area contributed by atoms with Crippen molar-refractivity contribution in [2.75, 3.05) is 11.9 Å². The van der Waals surface area contributed by atoms with Crippen LogP contribution >= 0.6 is 24.0 Å². The number of aliphatic imine (C=N–C) groups is 1. The van der Waals surface area contributed by atoms with E-state index in [0.717, 1.165) is 18.2 Å². The molecule has 0 unspecified atom stereocenters. The highest BCUT2D eigenvalue weighted by Crippen LogP contribution is 2.24. The van der Waals surface area contributed by atoms with E-state index in [9.17, 15) is 8.78 Å². The van der Waals surface area contributed by atoms with Crippen molar-refractivity contribution in [2.45, 2.75) is 25.7 Å². The van der Waals surface area contributed by atoms with E-state index in [-0.39, 0.29) is 35.6 Å². The van der Waals surface area contributed by atoms with Crippen LogP contribution in [0.25, 0.3) is 0 Å². The van der Waals surface area contributed by atoms with Gasteiger partial charge in [-0.05, 0) is 30.9 Å². The number of rotatable bonds is 3. The Hall–Kier alpha value is -0.920. The molecule has 106 valence electrons. The molecular weight excluding hydrogens is 363 g/mol. The molecule has 0 aliphatic heterocycles. The van der Waals surface area contributed by atoms with Crippen LogP contribution in [0, 0.1) is 17.6 Å². The summed E-state index contributed by atoms with van der Waals surface area (Å²) in [6, 6.07) is 3.18. The zero-order valence-electron chi connectivity index (χ0n) is 10.5. The SMILES string of the molecule is I.NC(=NCC1CCCC1)Nc1cc(F)ccc1F. The number of nitrogens with one attached hydrogen (secondary N) is 1. The first-order valence-electron chi connectivity index (χ1n) is 6.17. The second-order valence-electron chi connectivity index (χ2n) is 4.63. The van der Waals surface area contributed by atoms with E-state index in [0.29, 0.717) is 12.5 Å². The molecule has 0 aromatic heterocycles. The lowest BCUT2D eigenvalue weighted by molar-refractivity contribution is 0.563. The van der Waals surface area contributed by atoms with Gasteiger partial charge in [-0.3, -0.25) is 4.99 Å². The number of nitrogens with zero attached hydrogens (tertiary/aromatic N) is 1. The third-order valence-corrected chi connectivity index (χ3v) is 3.19. The van der Waals surface area contributed by atoms with Gasteiger partial charge in [-0.1, -0.05) is 12.8 Å². The Labute approximate surface area is 128 Å². The van der Waals surface area contributed by atoms with Crippen LogP contribution in [-0.2, 0) is 0 Å². The molecule has 1 aromatic carbocycles. The molecule has 1 fully saturated rings. The van der Waals surface area contributed by atoms with Gasteiger partial charge in [0, 0.05) is 12.6 Å². The summed E-state index contributed by atoms with van der Waals surface area (Å²) < 4.78 is 26.3. The normalized spacial score (nSPS) is 16.2. The van der Waals surface area contributed by atoms with Gasteiger partial charge in [-0.25, -0.2) is 8.78 Å². The largest absolute Gasteiger partial charge is 0.370 e. The maximum absolute atomic E-state index is 13.3. The van der Waals surface area contributed by atoms with E-state index in [2.05, 4.69) is 10.3 Å². The Kier molecular flexibility index (Phi) is 6.47. The fourth-order valence-electron chi connectivity index (χ4n) is 2.19. The smallest absolute Gasteiger partial charge is 0.193 e. The van der Waals surface area contributed by atoms with Crippen LogP contribution in [0.3, 0.4) is 0 Å². The highest BCUT2D eigenvalue weighted by atomic mass is 127. The first-order valence-corrected chi connectivity index (χ1v) is 6.17. The standard InChI is InChI=1S/C13H17F2N3.HI/c14-10-5-6-11(15)12(7-10)18-13(16)17-8-9-3-1-2-4-9;/h5-7,9H,1-4,8H2,(H3,16,17,18);1H. The zero-order chi connectivity index (χ0) is 13.0. The number of anilines is 1. The second kappa shape index (κ2) is 7.62. The molecule has 3 N–H and O–H groups in total. The summed E-state index contributed by atoms with van der Waals surface area (Å²) in [7, 11) is 0. The minimum absolute atomic E-state index is 0. The molecule has 1 aromatic rings. The van der Waals surface area contributed by atoms with Crippen LogP contribution in [0.1, 0.15) is 25.7 Å². The first-order chi connectivity index (χ1) is 8.65. The third kappa shape index (κ3) is 4.93. The molecule has 1 saturated carbocycles. The van der Waals surface area contributed by atoms with Gasteiger partial charge >= 0.3 is 0 Å². The molecule has 6 heteroatoms. The molecule has 0 saturated heterocycles. The molecule has 2 rings (SSSR count). The van der Waals surface area contributed by atoms with Gasteiger partial charge in [-0.15, -0.1) is 24.0 Å². The molecule has 0 radical (unpaired) electrons. The fourth-order valence-corrected chi connectivity index (χ4v) is 2.19. The van der Waals surface area contributed by atoms with Gasteiger partial charge in [0.15, 0.2) is 5.96 Å². The predicted octanol–water partition coefficient (Wildman–Crippen LogP) is 3.50. The average Bonchev–Trinajstić information content (AvgIpc) is 2.84. The quantitative estimate of drug-likeness (QED) is 0.479. The molecule has 0 bridgehead atoms. The Morgan fingerprint density at radius 3 is 2.68 bits per heavy atom. The summed E-state index contributed by atoms with van der Waals surface area (Å²) in [5.74, 6) is -0.355. The molecule has 3 nitrogen and oxygen atoms in total. The van der Waals surface area contributed by atoms with Crippen LogP contribution in [0.2, 0.25) is 0 Å². The molecule has 0 heterocycles. The highest BCUT2D eigenvalue weighted by Gasteiger charge is 2.14. The van der Waals surface area contributed by atoms with Crippen molar-refractivity contribution < 1.29 is 8.78 Å². The summed E-state index contributed by atoms with van der Waals surface area (Å²) >= 11 is 0. The van der Waals surface area contributed by atoms with Crippen LogP contribution in [0.5, 0.6) is 0 Å². The van der Waals surface area contributed by atoms with Crippen LogP contribution in [-0.4, -0.2) is 12.5 Å². The van der Waals surface area contributed by atoms with Gasteiger partial charge in [0.2, 0.25) is 0 Å². The Bertz CT molecular complexity index is 446. The lowest BCUT2D eigenvalue weighted by Gasteiger charge is -2.09. The van der Waals surface area contributed by atoms with Crippen LogP contribution < -0.4 is 11.1 Å². The number of guanidine groups is 1. The molecule has 0 spiro atoms. The third-order valence-electron chi connectivity index (χ3n) is 3.19. The molecule has 19 heavy (non-hydrogen) atoms. The van der Waals surface area contributed by atoms with Crippen LogP contribution in [0.15, 0.2) is 23.2 Å². The maximum Gasteiger partial charge on any atom is 0.193 e. The number of nitrogens with two attached hydrogens (primary N) is 1. The summed E-state index contributed by atoms with van der Waals surface area (Å²) in [6.07, 6.45) is 4.83. The zero-order valence-corrected chi connectivity index (χ0v) is 12.9. The monoisotopic (exact) mass is 381 g/mol. The minimum Gasteiger partial charge on any atom is -0.370 e. The van der Waals surface area contributed by atoms with Gasteiger partial charge in [0.1, 0.15) is 11.6 Å². The van der Waals surface area contributed by atoms with Crippen molar-refractivity contribution >= 4 is 35.6 Å². The Morgan fingerprint density at radius 2 is 2.00 bits per heavy atom. The molecule has 1 aliphatic carbocycles. The number of halogens is 3. The highest BCUT2D eigenvalue weighted by molar-refractivity contribution is 14.0. The van der Waals surface area contributed by atoms with E-state index in [1.54, 1.807) is 0 Å². The van der Waals surface area contributed by atoms with Crippen molar-refractivity contribution in [3.05, 3.63) is 29.8 Å². The Balaban J connectivity index is 0.00000180. The summed E-state index contributed by atoms with van der Waals surface area (Å²) in [5.41, 5.74) is 5.67. The molecule has 0 atom stereocenters. The average molecular weight is 381 g/mol. The molecule has 1 aliphatic rings. The van der Waals surface area contributed by atoms with Crippen molar-refractivity contribution in [3.63, 3.8) is 0 Å². The summed E-state index contributed by atoms with van der Waals surface area (Å²) in [4.78, 5) is 4.17. The van der Waals surface area contributed by atoms with E-state index in [1.807, 2.05) is 0 Å². The predicted molar refractivity (Wildman–Crippen MR) is 83.8 cm³/mol. The topological polar surface area (TPSA) is 50.4 Å². The summed E-state index contributed by atoms with van der Waals surface area (Å²) in [6.45, 7) is 0.649. The lowest BCUT2D eigenvalue weighted by atomic mass is 10.1. The van der Waals surface area contributed by atoms with Crippen molar-refractivity contribution in [1.29, 1.82) is 0 Å². The van der Waals surface area contributed by atoms with Crippen molar-refractivity contribution in [2.24, 2.45) is 16.6 Å². The van der Waals surface area contributed by atoms with Crippen LogP contribution in [0.4, 0.5) is 14.5 Å². The van der Waals surface area contributed by atoms with Crippen molar-refractivity contribution in [3.8, 4) is 0 Å². The number of hydrogen-bond donors (Lipinski definition) is 2. The van der Waals surface area contributed by atoms with Gasteiger partial charge < -0.3 is 11.1 Å². The Morgan fingerprint density at radius 1 is 1.32 bits per heavy atom. The molecular formula is C13H18F2IN3.